The maximum atomic E-state index is 6.00. The summed E-state index contributed by atoms with van der Waals surface area (Å²) in [5, 5.41) is 4.55. The zero-order valence-corrected chi connectivity index (χ0v) is 15.4. The molecule has 1 N–H and O–H groups in total. The van der Waals surface area contributed by atoms with Gasteiger partial charge in [0.15, 0.2) is 11.5 Å². The van der Waals surface area contributed by atoms with E-state index in [1.165, 1.54) is 5.56 Å². The van der Waals surface area contributed by atoms with Crippen molar-refractivity contribution in [1.82, 2.24) is 5.32 Å². The zero-order valence-electron chi connectivity index (χ0n) is 13.1. The lowest BCUT2D eigenvalue weighted by Gasteiger charge is -2.10. The lowest BCUT2D eigenvalue weighted by atomic mass is 10.1. The monoisotopic (exact) mass is 375 g/mol. The number of hydrogen-bond donors (Lipinski definition) is 1. The minimum Gasteiger partial charge on any atom is -0.493 e. The Morgan fingerprint density at radius 3 is 2.22 bits per heavy atom. The molecule has 0 atom stereocenters. The fourth-order valence-electron chi connectivity index (χ4n) is 2.15. The molecule has 23 heavy (non-hydrogen) atoms. The summed E-state index contributed by atoms with van der Waals surface area (Å²) in [6.07, 6.45) is 0.904. The van der Waals surface area contributed by atoms with Crippen molar-refractivity contribution >= 4 is 35.6 Å². The van der Waals surface area contributed by atoms with E-state index in [0.717, 1.165) is 36.6 Å². The number of hydrogen-bond acceptors (Lipinski definition) is 3. The average molecular weight is 377 g/mol. The number of rotatable bonds is 7. The van der Waals surface area contributed by atoms with Gasteiger partial charge in [-0.3, -0.25) is 0 Å². The molecule has 0 spiro atoms. The minimum absolute atomic E-state index is 0. The molecular formula is C17H20Cl3NO2. The van der Waals surface area contributed by atoms with Crippen LogP contribution in [0.15, 0.2) is 36.4 Å². The van der Waals surface area contributed by atoms with E-state index in [1.54, 1.807) is 14.2 Å². The molecule has 6 heteroatoms. The summed E-state index contributed by atoms with van der Waals surface area (Å²) in [5.41, 5.74) is 2.31. The van der Waals surface area contributed by atoms with Gasteiger partial charge in [0.2, 0.25) is 0 Å². The summed E-state index contributed by atoms with van der Waals surface area (Å²) in [6.45, 7) is 1.61. The van der Waals surface area contributed by atoms with Gasteiger partial charge >= 0.3 is 0 Å². The van der Waals surface area contributed by atoms with Crippen LogP contribution in [-0.4, -0.2) is 20.8 Å². The summed E-state index contributed by atoms with van der Waals surface area (Å²) >= 11 is 11.9. The van der Waals surface area contributed by atoms with Gasteiger partial charge in [0.1, 0.15) is 0 Å². The maximum Gasteiger partial charge on any atom is 0.160 e. The molecule has 2 aromatic carbocycles. The average Bonchev–Trinajstić information content (AvgIpc) is 2.54. The van der Waals surface area contributed by atoms with Crippen LogP contribution < -0.4 is 14.8 Å². The lowest BCUT2D eigenvalue weighted by Crippen LogP contribution is -2.16. The molecule has 0 unspecified atom stereocenters. The van der Waals surface area contributed by atoms with Crippen LogP contribution in [0.4, 0.5) is 0 Å². The van der Waals surface area contributed by atoms with Gasteiger partial charge in [-0.1, -0.05) is 35.3 Å². The lowest BCUT2D eigenvalue weighted by molar-refractivity contribution is 0.354. The van der Waals surface area contributed by atoms with Crippen molar-refractivity contribution in [2.45, 2.75) is 13.0 Å². The number of nitrogens with one attached hydrogen (secondary N) is 1. The van der Waals surface area contributed by atoms with Crippen LogP contribution in [0, 0.1) is 0 Å². The van der Waals surface area contributed by atoms with Gasteiger partial charge in [-0.25, -0.2) is 0 Å². The Kier molecular flexibility index (Phi) is 8.56. The smallest absolute Gasteiger partial charge is 0.160 e. The first-order valence-corrected chi connectivity index (χ1v) is 7.75. The van der Waals surface area contributed by atoms with Crippen molar-refractivity contribution in [2.75, 3.05) is 20.8 Å². The SMILES string of the molecule is COc1ccc(CCNCc2ccc(Cl)c(Cl)c2)cc1OC.Cl. The molecule has 0 aliphatic carbocycles. The molecule has 0 radical (unpaired) electrons. The van der Waals surface area contributed by atoms with E-state index >= 15 is 0 Å². The van der Waals surface area contributed by atoms with Crippen LogP contribution in [0.3, 0.4) is 0 Å². The van der Waals surface area contributed by atoms with Gasteiger partial charge in [-0.15, -0.1) is 12.4 Å². The van der Waals surface area contributed by atoms with Gasteiger partial charge in [0.25, 0.3) is 0 Å². The Morgan fingerprint density at radius 2 is 1.57 bits per heavy atom. The van der Waals surface area contributed by atoms with Crippen molar-refractivity contribution in [2.24, 2.45) is 0 Å². The maximum absolute atomic E-state index is 6.00. The van der Waals surface area contributed by atoms with Crippen LogP contribution >= 0.6 is 35.6 Å². The largest absolute Gasteiger partial charge is 0.493 e. The van der Waals surface area contributed by atoms with Gasteiger partial charge in [-0.05, 0) is 48.4 Å². The second-order valence-electron chi connectivity index (χ2n) is 4.86. The van der Waals surface area contributed by atoms with E-state index in [1.807, 2.05) is 36.4 Å². The molecule has 0 saturated carbocycles. The van der Waals surface area contributed by atoms with Crippen LogP contribution in [0.25, 0.3) is 0 Å². The first kappa shape index (κ1) is 19.9. The second-order valence-corrected chi connectivity index (χ2v) is 5.68. The third kappa shape index (κ3) is 5.78. The van der Waals surface area contributed by atoms with Crippen molar-refractivity contribution in [3.63, 3.8) is 0 Å². The highest BCUT2D eigenvalue weighted by Gasteiger charge is 2.04. The van der Waals surface area contributed by atoms with E-state index in [-0.39, 0.29) is 12.4 Å². The molecule has 0 saturated heterocycles. The molecule has 0 fully saturated rings. The predicted molar refractivity (Wildman–Crippen MR) is 98.7 cm³/mol. The number of benzene rings is 2. The molecule has 0 aliphatic heterocycles. The Balaban J connectivity index is 0.00000264. The summed E-state index contributed by atoms with van der Waals surface area (Å²) in [5.74, 6) is 1.50. The molecule has 2 aromatic rings. The third-order valence-electron chi connectivity index (χ3n) is 3.35. The molecule has 126 valence electrons. The highest BCUT2D eigenvalue weighted by atomic mass is 35.5. The van der Waals surface area contributed by atoms with Gasteiger partial charge in [0, 0.05) is 6.54 Å². The van der Waals surface area contributed by atoms with E-state index in [0.29, 0.717) is 10.0 Å². The molecule has 0 aromatic heterocycles. The second kappa shape index (κ2) is 9.89. The third-order valence-corrected chi connectivity index (χ3v) is 4.09. The first-order chi connectivity index (χ1) is 10.6. The molecule has 3 nitrogen and oxygen atoms in total. The molecule has 0 heterocycles. The van der Waals surface area contributed by atoms with Crippen LogP contribution in [-0.2, 0) is 13.0 Å². The zero-order chi connectivity index (χ0) is 15.9. The topological polar surface area (TPSA) is 30.5 Å². The molecule has 0 amide bonds. The van der Waals surface area contributed by atoms with E-state index < -0.39 is 0 Å². The fraction of sp³-hybridized carbons (Fsp3) is 0.294. The molecule has 2 rings (SSSR count). The normalized spacial score (nSPS) is 10.1. The summed E-state index contributed by atoms with van der Waals surface area (Å²) in [6, 6.07) is 11.6. The van der Waals surface area contributed by atoms with Gasteiger partial charge < -0.3 is 14.8 Å². The molecule has 0 bridgehead atoms. The van der Waals surface area contributed by atoms with Crippen molar-refractivity contribution in [1.29, 1.82) is 0 Å². The van der Waals surface area contributed by atoms with Crippen LogP contribution in [0.1, 0.15) is 11.1 Å². The Labute approximate surface area is 153 Å². The number of halogens is 3. The molecule has 0 aliphatic rings. The summed E-state index contributed by atoms with van der Waals surface area (Å²) in [7, 11) is 3.28. The van der Waals surface area contributed by atoms with E-state index in [2.05, 4.69) is 5.32 Å². The molecular weight excluding hydrogens is 357 g/mol. The fourth-order valence-corrected chi connectivity index (χ4v) is 2.47. The van der Waals surface area contributed by atoms with Crippen LogP contribution in [0.2, 0.25) is 10.0 Å². The van der Waals surface area contributed by atoms with Crippen molar-refractivity contribution in [3.8, 4) is 11.5 Å². The minimum atomic E-state index is 0. The quantitative estimate of drug-likeness (QED) is 0.706. The predicted octanol–water partition coefficient (Wildman–Crippen LogP) is 4.76. The Bertz CT molecular complexity index is 635. The highest BCUT2D eigenvalue weighted by molar-refractivity contribution is 6.42. The van der Waals surface area contributed by atoms with E-state index in [9.17, 15) is 0 Å². The Morgan fingerprint density at radius 1 is 0.870 bits per heavy atom. The first-order valence-electron chi connectivity index (χ1n) is 6.99. The number of ether oxygens (including phenoxy) is 2. The van der Waals surface area contributed by atoms with E-state index in [4.69, 9.17) is 32.7 Å². The van der Waals surface area contributed by atoms with Crippen LogP contribution in [0.5, 0.6) is 11.5 Å². The van der Waals surface area contributed by atoms with Gasteiger partial charge in [0.05, 0.1) is 24.3 Å². The standard InChI is InChI=1S/C17H19Cl2NO2.ClH/c1-21-16-6-4-12(10-17(16)22-2)7-8-20-11-13-3-5-14(18)15(19)9-13;/h3-6,9-10,20H,7-8,11H2,1-2H3;1H. The summed E-state index contributed by atoms with van der Waals surface area (Å²) < 4.78 is 10.5. The number of methoxy groups -OCH3 is 2. The van der Waals surface area contributed by atoms with Crippen molar-refractivity contribution in [3.05, 3.63) is 57.6 Å². The summed E-state index contributed by atoms with van der Waals surface area (Å²) in [4.78, 5) is 0. The Hall–Kier alpha value is -1.13. The van der Waals surface area contributed by atoms with Crippen molar-refractivity contribution < 1.29 is 9.47 Å². The van der Waals surface area contributed by atoms with Gasteiger partial charge in [-0.2, -0.15) is 0 Å². The highest BCUT2D eigenvalue weighted by Crippen LogP contribution is 2.27.